The van der Waals surface area contributed by atoms with Gasteiger partial charge in [-0.1, -0.05) is 60.7 Å². The largest absolute Gasteiger partial charge is 0.382 e. The molecule has 0 fully saturated rings. The summed E-state index contributed by atoms with van der Waals surface area (Å²) < 4.78 is 0. The topological polar surface area (TPSA) is 321 Å². The highest BCUT2D eigenvalue weighted by molar-refractivity contribution is 6.14. The molecule has 10 aliphatic rings. The Morgan fingerprint density at radius 2 is 0.718 bits per heavy atom. The van der Waals surface area contributed by atoms with Gasteiger partial charge in [0.2, 0.25) is 0 Å². The Kier molecular flexibility index (Phi) is 18.5. The molecule has 5 aliphatic carbocycles. The first-order valence-electron chi connectivity index (χ1n) is 46.4. The van der Waals surface area contributed by atoms with Crippen LogP contribution in [0.1, 0.15) is 175 Å². The fraction of sp³-hybridized carbons (Fsp3) is 0.231. The van der Waals surface area contributed by atoms with Crippen LogP contribution >= 0.6 is 0 Å². The van der Waals surface area contributed by atoms with E-state index in [0.717, 1.165) is 192 Å². The second kappa shape index (κ2) is 31.5. The monoisotopic (exact) mass is 1710 g/mol. The normalized spacial score (nSPS) is 15.5. The van der Waals surface area contributed by atoms with Crippen LogP contribution in [0.2, 0.25) is 0 Å². The molecule has 0 atom stereocenters. The number of nitrogens with zero attached hydrogens (tertiary/aromatic N) is 17. The van der Waals surface area contributed by atoms with Gasteiger partial charge in [0.25, 0.3) is 0 Å². The second-order valence-electron chi connectivity index (χ2n) is 36.4. The van der Waals surface area contributed by atoms with Gasteiger partial charge >= 0.3 is 0 Å². The van der Waals surface area contributed by atoms with Gasteiger partial charge in [-0.3, -0.25) is 40.3 Å². The van der Waals surface area contributed by atoms with Gasteiger partial charge in [-0.2, -0.15) is 15.3 Å². The molecule has 0 spiro atoms. The van der Waals surface area contributed by atoms with Crippen molar-refractivity contribution in [2.24, 2.45) is 25.0 Å². The van der Waals surface area contributed by atoms with Gasteiger partial charge in [-0.25, -0.2) is 44.9 Å². The fourth-order valence-electron chi connectivity index (χ4n) is 22.5. The number of pyridine rings is 9. The second-order valence-corrected chi connectivity index (χ2v) is 36.4. The zero-order chi connectivity index (χ0) is 86.3. The van der Waals surface area contributed by atoms with Crippen molar-refractivity contribution in [2.45, 2.75) is 161 Å². The van der Waals surface area contributed by atoms with Gasteiger partial charge < -0.3 is 15.7 Å². The zero-order valence-electron chi connectivity index (χ0n) is 72.3. The van der Waals surface area contributed by atoms with E-state index in [-0.39, 0.29) is 0 Å². The average molecular weight is 1710 g/mol. The van der Waals surface area contributed by atoms with Gasteiger partial charge in [-0.15, -0.1) is 0 Å². The van der Waals surface area contributed by atoms with E-state index in [1.807, 2.05) is 86.7 Å². The Bertz CT molecular complexity index is 7620. The molecule has 5 aliphatic heterocycles. The molecular weight excluding hydrogens is 1620 g/mol. The Morgan fingerprint density at radius 3 is 1.27 bits per heavy atom. The maximum Gasteiger partial charge on any atom is 0.160 e. The van der Waals surface area contributed by atoms with Crippen LogP contribution in [0, 0.1) is 0 Å². The predicted molar refractivity (Wildman–Crippen MR) is 524 cm³/mol. The molecule has 0 bridgehead atoms. The van der Waals surface area contributed by atoms with E-state index in [4.69, 9.17) is 25.7 Å². The van der Waals surface area contributed by atoms with Crippen LogP contribution in [0.3, 0.4) is 0 Å². The van der Waals surface area contributed by atoms with Gasteiger partial charge in [0.15, 0.2) is 28.4 Å². The molecule has 0 radical (unpaired) electrons. The molecule has 30 rings (SSSR count). The fourth-order valence-corrected chi connectivity index (χ4v) is 22.5. The first kappa shape index (κ1) is 76.8. The number of benzene rings is 6. The Labute approximate surface area is 751 Å². The maximum absolute atomic E-state index is 6.20. The minimum atomic E-state index is 0.562. The van der Waals surface area contributed by atoms with E-state index < -0.39 is 0 Å². The van der Waals surface area contributed by atoms with Gasteiger partial charge in [0.05, 0.1) is 131 Å². The number of nitrogen functional groups attached to an aromatic ring is 1. The number of anilines is 1. The number of aryl methyl sites for hydroxylation is 5. The van der Waals surface area contributed by atoms with Crippen molar-refractivity contribution < 1.29 is 0 Å². The summed E-state index contributed by atoms with van der Waals surface area (Å²) >= 11 is 0. The molecule has 20 aromatic rings. The summed E-state index contributed by atoms with van der Waals surface area (Å²) in [4.78, 5) is 72.0. The van der Waals surface area contributed by atoms with Crippen molar-refractivity contribution in [2.75, 3.05) is 5.73 Å². The van der Waals surface area contributed by atoms with Gasteiger partial charge in [0.1, 0.15) is 0 Å². The third kappa shape index (κ3) is 13.1. The molecule has 14 aromatic heterocycles. The molecule has 23 heteroatoms. The summed E-state index contributed by atoms with van der Waals surface area (Å²) in [6.45, 7) is 3.98. The van der Waals surface area contributed by atoms with Crippen molar-refractivity contribution in [3.8, 4) is 56.3 Å². The highest BCUT2D eigenvalue weighted by Gasteiger charge is 2.30. The number of aromatic nitrogens is 17. The first-order valence-corrected chi connectivity index (χ1v) is 46.4. The van der Waals surface area contributed by atoms with Crippen LogP contribution < -0.4 is 5.73 Å². The molecule has 131 heavy (non-hydrogen) atoms. The molecule has 0 unspecified atom stereocenters. The Hall–Kier alpha value is -15.4. The molecule has 7 N–H and O–H groups in total. The van der Waals surface area contributed by atoms with E-state index >= 15 is 0 Å². The number of hydrogen-bond acceptors (Lipinski definition) is 18. The molecular formula is C108H89N23. The standard InChI is InChI=1S/C22H19N5.2C22H18N4.2C21H17N5/c23-22-20-18(26-27-22)8-7-17-19(20)15-3-1-2-4-16(15)21(25-17)12-5-6-13-10-24-11-14(13)9-12;1-2-4-17-16(3-1)20-18-7-8-24-22(18)25-12-19(20)26-21(17)13-5-6-14-10-23-11-15(14)9-13;1-2-4-17-16(3-1)20-18-7-8-24-19(18)12-25-22(20)26-21(17)13-5-6-14-10-23-11-15(14)9-13;1-2-4-16-15(3-1)19-17-10-24-26-21(17)23-11-18(19)25-20(16)12-5-6-13-8-22-9-14(13)7-12;1-2-4-16-15(3-1)19-17-10-24-26-18(17)11-23-21(19)25-20(16)12-5-6-13-8-22-9-14(13)7-12/h5-9,11H,1-4,10H2,(H3,23,26,27);5-9,11-12,26H,1-4,10H2;5-9,11-12,24H,1-4,10H2;5-7,9-11H,1-4,8H2,(H,23,24,26);5-7,9-11H,1-4,8H2,(H,24,26). The zero-order valence-corrected chi connectivity index (χ0v) is 72.3. The number of hydrogen-bond donors (Lipinski definition) is 6. The summed E-state index contributed by atoms with van der Waals surface area (Å²) in [5.74, 6) is 0.562. The molecule has 6 aromatic carbocycles. The summed E-state index contributed by atoms with van der Waals surface area (Å²) in [5.41, 5.74) is 54.2. The van der Waals surface area contributed by atoms with Crippen LogP contribution in [0.5, 0.6) is 0 Å². The van der Waals surface area contributed by atoms with Crippen LogP contribution in [0.25, 0.3) is 166 Å². The Morgan fingerprint density at radius 1 is 0.282 bits per heavy atom. The van der Waals surface area contributed by atoms with Gasteiger partial charge in [-0.05, 0) is 300 Å². The van der Waals surface area contributed by atoms with E-state index in [1.165, 1.54) is 247 Å². The predicted octanol–water partition coefficient (Wildman–Crippen LogP) is 21.3. The minimum absolute atomic E-state index is 0.562. The Balaban J connectivity index is 0.0000000860. The van der Waals surface area contributed by atoms with Crippen LogP contribution in [-0.2, 0) is 96.9 Å². The lowest BCUT2D eigenvalue weighted by atomic mass is 9.85. The number of H-pyrrole nitrogens is 5. The molecule has 23 nitrogen and oxygen atoms in total. The van der Waals surface area contributed by atoms with Crippen LogP contribution in [-0.4, -0.2) is 116 Å². The lowest BCUT2D eigenvalue weighted by Crippen LogP contribution is -2.08. The number of fused-ring (bicyclic) bond motifs is 30. The highest BCUT2D eigenvalue weighted by atomic mass is 15.2. The summed E-state index contributed by atoms with van der Waals surface area (Å²) in [5, 5.41) is 33.5. The van der Waals surface area contributed by atoms with E-state index in [0.29, 0.717) is 5.82 Å². The smallest absolute Gasteiger partial charge is 0.160 e. The molecule has 0 saturated carbocycles. The van der Waals surface area contributed by atoms with Crippen molar-refractivity contribution in [1.29, 1.82) is 0 Å². The SMILES string of the molecule is C1=NCc2ccc(-c3[nH]c4cnc5nccc5c4c4c3CCCC4)cc21.C1=NCc2ccc(-c3nc4cnc5[nH]ncc5c4c4c3CCCC4)cc21.C1=NCc2ccc(-c3nc4ncc5[nH]ccc5c4c4c3CCCC4)cc21.C1=NCc2ccc(-c3nc4ncc5[nH]ncc5c4c4c3CCCC4)cc21.Nc1n[nH]c2ccc3nc(-c4ccc5c(c4)C=NC5)c4c(c3c12)CCCC4. The lowest BCUT2D eigenvalue weighted by molar-refractivity contribution is 0.689. The van der Waals surface area contributed by atoms with Crippen LogP contribution in [0.15, 0.2) is 190 Å². The molecule has 19 heterocycles. The van der Waals surface area contributed by atoms with Crippen molar-refractivity contribution in [3.05, 3.63) is 276 Å². The van der Waals surface area contributed by atoms with Crippen molar-refractivity contribution in [3.63, 3.8) is 0 Å². The van der Waals surface area contributed by atoms with E-state index in [1.54, 1.807) is 0 Å². The minimum Gasteiger partial charge on any atom is -0.382 e. The maximum atomic E-state index is 6.20. The number of aliphatic imine (C=N–C) groups is 5. The number of rotatable bonds is 5. The summed E-state index contributed by atoms with van der Waals surface area (Å²) in [7, 11) is 0. The number of nitrogens with two attached hydrogens (primary N) is 1. The number of aromatic amines is 5. The summed E-state index contributed by atoms with van der Waals surface area (Å²) in [6, 6.07) is 41.6. The molecule has 0 saturated heterocycles. The average Bonchev–Trinajstić information content (AvgIpc) is 1.74. The number of nitrogens with one attached hydrogen (secondary N) is 5. The molecule has 0 amide bonds. The van der Waals surface area contributed by atoms with E-state index in [2.05, 4.69) is 200 Å². The molecule has 636 valence electrons. The highest BCUT2D eigenvalue weighted by Crippen LogP contribution is 2.46. The van der Waals surface area contributed by atoms with Crippen molar-refractivity contribution in [1.82, 2.24) is 85.4 Å². The van der Waals surface area contributed by atoms with Crippen LogP contribution in [0.4, 0.5) is 5.82 Å². The third-order valence-corrected chi connectivity index (χ3v) is 28.8. The van der Waals surface area contributed by atoms with E-state index in [9.17, 15) is 0 Å². The van der Waals surface area contributed by atoms with Gasteiger partial charge in [0, 0.05) is 120 Å². The third-order valence-electron chi connectivity index (χ3n) is 28.8. The lowest BCUT2D eigenvalue weighted by Gasteiger charge is -2.23. The van der Waals surface area contributed by atoms with Crippen molar-refractivity contribution >= 4 is 146 Å². The quantitative estimate of drug-likeness (QED) is 0.0935. The summed E-state index contributed by atoms with van der Waals surface area (Å²) in [6.07, 6.45) is 48.3. The first-order chi connectivity index (χ1) is 64.8.